The first kappa shape index (κ1) is 14.1. The van der Waals surface area contributed by atoms with Crippen LogP contribution in [0.3, 0.4) is 0 Å². The molecule has 2 heterocycles. The summed E-state index contributed by atoms with van der Waals surface area (Å²) < 4.78 is 34.7. The van der Waals surface area contributed by atoms with Gasteiger partial charge in [-0.25, -0.2) is 0 Å². The average Bonchev–Trinajstić information content (AvgIpc) is 2.94. The van der Waals surface area contributed by atoms with E-state index in [2.05, 4.69) is 14.8 Å². The van der Waals surface area contributed by atoms with Gasteiger partial charge in [-0.15, -0.1) is 8.78 Å². The lowest BCUT2D eigenvalue weighted by atomic mass is 10.2. The third-order valence-electron chi connectivity index (χ3n) is 3.54. The van der Waals surface area contributed by atoms with Gasteiger partial charge in [-0.2, -0.15) is 0 Å². The average molecular weight is 298 g/mol. The Bertz CT molecular complexity index is 565. The second-order valence-electron chi connectivity index (χ2n) is 5.08. The van der Waals surface area contributed by atoms with E-state index in [0.29, 0.717) is 18.7 Å². The molecule has 2 aliphatic heterocycles. The van der Waals surface area contributed by atoms with Gasteiger partial charge >= 0.3 is 6.29 Å². The summed E-state index contributed by atoms with van der Waals surface area (Å²) in [6.45, 7) is 3.36. The van der Waals surface area contributed by atoms with Crippen molar-refractivity contribution >= 4 is 11.6 Å². The normalized spacial score (nSPS) is 22.9. The summed E-state index contributed by atoms with van der Waals surface area (Å²) in [5.74, 6) is -0.111. The van der Waals surface area contributed by atoms with E-state index in [1.54, 1.807) is 11.0 Å². The second kappa shape index (κ2) is 5.14. The molecule has 0 aliphatic carbocycles. The molecule has 1 saturated heterocycles. The van der Waals surface area contributed by atoms with E-state index in [1.807, 2.05) is 6.92 Å². The van der Waals surface area contributed by atoms with Crippen LogP contribution < -0.4 is 19.7 Å². The molecule has 5 nitrogen and oxygen atoms in total. The van der Waals surface area contributed by atoms with Crippen LogP contribution in [0.25, 0.3) is 0 Å². The van der Waals surface area contributed by atoms with Crippen molar-refractivity contribution in [1.29, 1.82) is 0 Å². The van der Waals surface area contributed by atoms with Crippen molar-refractivity contribution in [3.63, 3.8) is 0 Å². The quantitative estimate of drug-likeness (QED) is 0.925. The van der Waals surface area contributed by atoms with Crippen molar-refractivity contribution < 1.29 is 23.0 Å². The first-order chi connectivity index (χ1) is 10.00. The fourth-order valence-corrected chi connectivity index (χ4v) is 2.55. The number of alkyl halides is 2. The molecule has 114 valence electrons. The molecule has 0 radical (unpaired) electrons. The van der Waals surface area contributed by atoms with Crippen molar-refractivity contribution in [2.75, 3.05) is 18.0 Å². The molecule has 1 atom stereocenters. The lowest BCUT2D eigenvalue weighted by molar-refractivity contribution is -0.286. The fraction of sp³-hybridized carbons (Fsp3) is 0.500. The molecule has 1 fully saturated rings. The van der Waals surface area contributed by atoms with Crippen LogP contribution in [0.2, 0.25) is 0 Å². The van der Waals surface area contributed by atoms with E-state index in [4.69, 9.17) is 0 Å². The first-order valence-electron chi connectivity index (χ1n) is 6.95. The molecule has 0 spiro atoms. The van der Waals surface area contributed by atoms with Gasteiger partial charge in [-0.05, 0) is 31.5 Å². The minimum Gasteiger partial charge on any atom is -0.395 e. The highest BCUT2D eigenvalue weighted by Crippen LogP contribution is 2.43. The van der Waals surface area contributed by atoms with Gasteiger partial charge < -0.3 is 19.7 Å². The summed E-state index contributed by atoms with van der Waals surface area (Å²) >= 11 is 0. The molecule has 1 aromatic rings. The molecule has 1 N–H and O–H groups in total. The van der Waals surface area contributed by atoms with Gasteiger partial charge in [0.25, 0.3) is 0 Å². The number of anilines is 1. The highest BCUT2D eigenvalue weighted by molar-refractivity contribution is 5.99. The number of benzene rings is 1. The number of carbonyl (C=O) groups is 1. The van der Waals surface area contributed by atoms with Gasteiger partial charge in [-0.3, -0.25) is 4.79 Å². The summed E-state index contributed by atoms with van der Waals surface area (Å²) in [6, 6.07) is 4.18. The number of halogens is 2. The van der Waals surface area contributed by atoms with Crippen LogP contribution in [-0.4, -0.2) is 31.3 Å². The summed E-state index contributed by atoms with van der Waals surface area (Å²) in [5, 5.41) is 3.18. The number of hydrogen-bond donors (Lipinski definition) is 1. The molecule has 1 aromatic carbocycles. The number of ether oxygens (including phenoxy) is 2. The van der Waals surface area contributed by atoms with E-state index in [-0.39, 0.29) is 23.4 Å². The van der Waals surface area contributed by atoms with Crippen molar-refractivity contribution in [3.8, 4) is 11.5 Å². The summed E-state index contributed by atoms with van der Waals surface area (Å²) in [7, 11) is 0. The summed E-state index contributed by atoms with van der Waals surface area (Å²) in [5.41, 5.74) is 0.542. The maximum absolute atomic E-state index is 13.0. The topological polar surface area (TPSA) is 50.8 Å². The lowest BCUT2D eigenvalue weighted by Crippen LogP contribution is -2.38. The zero-order valence-electron chi connectivity index (χ0n) is 11.6. The van der Waals surface area contributed by atoms with Crippen molar-refractivity contribution in [2.24, 2.45) is 0 Å². The second-order valence-corrected chi connectivity index (χ2v) is 5.08. The molecule has 0 aromatic heterocycles. The molecule has 0 bridgehead atoms. The van der Waals surface area contributed by atoms with E-state index < -0.39 is 6.29 Å². The largest absolute Gasteiger partial charge is 0.586 e. The Morgan fingerprint density at radius 2 is 2.14 bits per heavy atom. The predicted molar refractivity (Wildman–Crippen MR) is 71.7 cm³/mol. The van der Waals surface area contributed by atoms with Crippen LogP contribution in [0.4, 0.5) is 14.5 Å². The maximum atomic E-state index is 13.0. The number of nitrogens with zero attached hydrogens (tertiary/aromatic N) is 1. The van der Waals surface area contributed by atoms with Crippen LogP contribution in [0.1, 0.15) is 19.8 Å². The number of carbonyl (C=O) groups excluding carboxylic acids is 1. The van der Waals surface area contributed by atoms with E-state index in [9.17, 15) is 13.6 Å². The van der Waals surface area contributed by atoms with Crippen LogP contribution in [0.5, 0.6) is 11.5 Å². The van der Waals surface area contributed by atoms with Crippen molar-refractivity contribution in [1.82, 2.24) is 5.32 Å². The lowest BCUT2D eigenvalue weighted by Gasteiger charge is -2.17. The zero-order valence-corrected chi connectivity index (χ0v) is 11.6. The van der Waals surface area contributed by atoms with E-state index in [0.717, 1.165) is 13.0 Å². The molecular formula is C14H16F2N2O3. The van der Waals surface area contributed by atoms with Crippen LogP contribution >= 0.6 is 0 Å². The number of nitrogens with one attached hydrogen (secondary N) is 1. The van der Waals surface area contributed by atoms with Crippen molar-refractivity contribution in [2.45, 2.75) is 32.1 Å². The highest BCUT2D eigenvalue weighted by Gasteiger charge is 2.44. The van der Waals surface area contributed by atoms with Gasteiger partial charge in [0, 0.05) is 18.3 Å². The minimum absolute atomic E-state index is 0.0175. The van der Waals surface area contributed by atoms with Crippen LogP contribution in [0.15, 0.2) is 18.2 Å². The molecule has 21 heavy (non-hydrogen) atoms. The van der Waals surface area contributed by atoms with Gasteiger partial charge in [0.1, 0.15) is 0 Å². The molecule has 1 unspecified atom stereocenters. The van der Waals surface area contributed by atoms with Gasteiger partial charge in [-0.1, -0.05) is 6.92 Å². The third-order valence-corrected chi connectivity index (χ3v) is 3.54. The number of rotatable bonds is 4. The molecular weight excluding hydrogens is 282 g/mol. The Labute approximate surface area is 120 Å². The highest BCUT2D eigenvalue weighted by atomic mass is 19.3. The van der Waals surface area contributed by atoms with Gasteiger partial charge in [0.05, 0.1) is 6.04 Å². The smallest absolute Gasteiger partial charge is 0.395 e. The molecule has 1 amide bonds. The summed E-state index contributed by atoms with van der Waals surface area (Å²) in [6.07, 6.45) is -1.99. The minimum atomic E-state index is -3.64. The third kappa shape index (κ3) is 2.65. The summed E-state index contributed by atoms with van der Waals surface area (Å²) in [4.78, 5) is 13.9. The first-order valence-corrected chi connectivity index (χ1v) is 6.95. The van der Waals surface area contributed by atoms with E-state index >= 15 is 0 Å². The Hall–Kier alpha value is -1.89. The van der Waals surface area contributed by atoms with Gasteiger partial charge in [0.15, 0.2) is 11.5 Å². The van der Waals surface area contributed by atoms with Crippen LogP contribution in [-0.2, 0) is 4.79 Å². The van der Waals surface area contributed by atoms with Crippen LogP contribution in [0, 0.1) is 0 Å². The fourth-order valence-electron chi connectivity index (χ4n) is 2.55. The van der Waals surface area contributed by atoms with Gasteiger partial charge in [0.2, 0.25) is 5.91 Å². The number of hydrogen-bond acceptors (Lipinski definition) is 4. The molecule has 3 rings (SSSR count). The predicted octanol–water partition coefficient (Wildman–Crippen LogP) is 2.11. The Morgan fingerprint density at radius 1 is 1.38 bits per heavy atom. The SMILES string of the molecule is CCCNC1CCN(c2ccc3c(c2)OC(F)(F)O3)C1=O. The van der Waals surface area contributed by atoms with E-state index in [1.165, 1.54) is 12.1 Å². The molecule has 2 aliphatic rings. The Kier molecular flexibility index (Phi) is 3.44. The number of amides is 1. The Morgan fingerprint density at radius 3 is 2.90 bits per heavy atom. The molecule has 7 heteroatoms. The van der Waals surface area contributed by atoms with Crippen molar-refractivity contribution in [3.05, 3.63) is 18.2 Å². The Balaban J connectivity index is 1.76. The number of fused-ring (bicyclic) bond motifs is 1. The monoisotopic (exact) mass is 298 g/mol. The maximum Gasteiger partial charge on any atom is 0.586 e. The zero-order chi connectivity index (χ0) is 15.0. The molecule has 0 saturated carbocycles. The standard InChI is InChI=1S/C14H16F2N2O3/c1-2-6-17-10-5-7-18(13(10)19)9-3-4-11-12(8-9)21-14(15,16)20-11/h3-4,8,10,17H,2,5-7H2,1H3.